The summed E-state index contributed by atoms with van der Waals surface area (Å²) >= 11 is 0. The molecule has 0 saturated heterocycles. The lowest BCUT2D eigenvalue weighted by Crippen LogP contribution is -2.10. The molecule has 1 N–H and O–H groups in total. The van der Waals surface area contributed by atoms with Crippen molar-refractivity contribution in [3.05, 3.63) is 52.1 Å². The Morgan fingerprint density at radius 1 is 0.800 bits per heavy atom. The molecule has 0 aliphatic carbocycles. The number of hydrogen-bond donors (Lipinski definition) is 1. The van der Waals surface area contributed by atoms with Crippen molar-refractivity contribution < 1.29 is 14.6 Å². The third-order valence-corrected chi connectivity index (χ3v) is 6.03. The van der Waals surface area contributed by atoms with Crippen LogP contribution in [0.2, 0.25) is 0 Å². The van der Waals surface area contributed by atoms with E-state index in [1.165, 1.54) is 40.7 Å². The molecule has 0 atom stereocenters. The van der Waals surface area contributed by atoms with Crippen molar-refractivity contribution in [2.45, 2.75) is 92.4 Å². The first-order valence-electron chi connectivity index (χ1n) is 11.7. The Kier molecular flexibility index (Phi) is 9.42. The van der Waals surface area contributed by atoms with Crippen LogP contribution in [0.5, 0.6) is 5.75 Å². The average molecular weight is 411 g/mol. The van der Waals surface area contributed by atoms with E-state index in [9.17, 15) is 9.90 Å². The molecule has 0 amide bonds. The second-order valence-electron chi connectivity index (χ2n) is 7.94. The van der Waals surface area contributed by atoms with Crippen LogP contribution in [-0.2, 0) is 32.1 Å². The van der Waals surface area contributed by atoms with Crippen LogP contribution in [0.25, 0.3) is 11.1 Å². The summed E-state index contributed by atoms with van der Waals surface area (Å²) in [5, 5.41) is 9.33. The van der Waals surface area contributed by atoms with E-state index in [1.807, 2.05) is 6.07 Å². The third-order valence-electron chi connectivity index (χ3n) is 6.03. The molecule has 3 nitrogen and oxygen atoms in total. The smallest absolute Gasteiger partial charge is 0.449 e. The predicted molar refractivity (Wildman–Crippen MR) is 126 cm³/mol. The van der Waals surface area contributed by atoms with E-state index in [0.717, 1.165) is 56.1 Å². The zero-order valence-electron chi connectivity index (χ0n) is 19.4. The summed E-state index contributed by atoms with van der Waals surface area (Å²) in [4.78, 5) is 11.4. The maximum absolute atomic E-state index is 11.4. The van der Waals surface area contributed by atoms with Crippen molar-refractivity contribution in [1.29, 1.82) is 0 Å². The van der Waals surface area contributed by atoms with Gasteiger partial charge in [-0.3, -0.25) is 0 Å². The van der Waals surface area contributed by atoms with Gasteiger partial charge in [-0.1, -0.05) is 65.7 Å². The lowest BCUT2D eigenvalue weighted by atomic mass is 9.83. The number of aryl methyl sites for hydroxylation is 1. The Labute approximate surface area is 182 Å². The van der Waals surface area contributed by atoms with Gasteiger partial charge in [-0.25, -0.2) is 4.79 Å². The summed E-state index contributed by atoms with van der Waals surface area (Å²) in [6.45, 7) is 10.9. The Morgan fingerprint density at radius 2 is 1.43 bits per heavy atom. The molecule has 0 fully saturated rings. The molecule has 0 unspecified atom stereocenters. The Balaban J connectivity index is 2.79. The second-order valence-corrected chi connectivity index (χ2v) is 7.94. The summed E-state index contributed by atoms with van der Waals surface area (Å²) in [5.74, 6) is 0.495. The highest BCUT2D eigenvalue weighted by Gasteiger charge is 2.21. The van der Waals surface area contributed by atoms with Crippen molar-refractivity contribution in [3.63, 3.8) is 0 Å². The van der Waals surface area contributed by atoms with Gasteiger partial charge in [-0.15, -0.1) is 0 Å². The predicted octanol–water partition coefficient (Wildman–Crippen LogP) is 7.78. The van der Waals surface area contributed by atoms with Gasteiger partial charge in [0.15, 0.2) is 0 Å². The van der Waals surface area contributed by atoms with Crippen molar-refractivity contribution in [3.8, 4) is 16.9 Å². The Morgan fingerprint density at radius 3 is 2.00 bits per heavy atom. The molecule has 0 aliphatic rings. The highest BCUT2D eigenvalue weighted by Crippen LogP contribution is 2.39. The minimum absolute atomic E-state index is 0.495. The van der Waals surface area contributed by atoms with Gasteiger partial charge in [0.2, 0.25) is 0 Å². The van der Waals surface area contributed by atoms with Gasteiger partial charge >= 0.3 is 6.16 Å². The molecule has 164 valence electrons. The summed E-state index contributed by atoms with van der Waals surface area (Å²) in [6.07, 6.45) is 8.14. The molecular formula is C27H38O3. The van der Waals surface area contributed by atoms with Crippen LogP contribution in [0.4, 0.5) is 4.79 Å². The molecule has 0 aromatic heterocycles. The van der Waals surface area contributed by atoms with Gasteiger partial charge in [-0.05, 0) is 90.0 Å². The van der Waals surface area contributed by atoms with Crippen LogP contribution >= 0.6 is 0 Å². The van der Waals surface area contributed by atoms with E-state index < -0.39 is 6.16 Å². The first-order chi connectivity index (χ1) is 14.5. The number of benzene rings is 2. The standard InChI is InChI=1S/C27H38O3/c1-6-11-14-19-15-13-17-24(23(19)16-12-7-2)25-18-26(30-27(28)29)22(10-5)20(8-3)21(25)9-4/h13,15,17-18H,6-12,14,16H2,1-5H3,(H,28,29). The number of rotatable bonds is 11. The lowest BCUT2D eigenvalue weighted by molar-refractivity contribution is 0.144. The van der Waals surface area contributed by atoms with Crippen LogP contribution in [-0.4, -0.2) is 11.3 Å². The monoisotopic (exact) mass is 410 g/mol. The molecule has 3 heteroatoms. The van der Waals surface area contributed by atoms with E-state index in [0.29, 0.717) is 5.75 Å². The van der Waals surface area contributed by atoms with Crippen molar-refractivity contribution in [2.24, 2.45) is 0 Å². The molecule has 0 spiro atoms. The summed E-state index contributed by atoms with van der Waals surface area (Å²) in [6, 6.07) is 8.63. The third kappa shape index (κ3) is 5.44. The van der Waals surface area contributed by atoms with Crippen LogP contribution in [0, 0.1) is 0 Å². The van der Waals surface area contributed by atoms with Gasteiger partial charge in [0, 0.05) is 0 Å². The normalized spacial score (nSPS) is 11.0. The fraction of sp³-hybridized carbons (Fsp3) is 0.519. The van der Waals surface area contributed by atoms with Crippen molar-refractivity contribution >= 4 is 6.16 Å². The second kappa shape index (κ2) is 11.8. The quantitative estimate of drug-likeness (QED) is 0.304. The van der Waals surface area contributed by atoms with Gasteiger partial charge in [0.25, 0.3) is 0 Å². The van der Waals surface area contributed by atoms with E-state index in [-0.39, 0.29) is 0 Å². The summed E-state index contributed by atoms with van der Waals surface area (Å²) < 4.78 is 5.27. The number of carboxylic acid groups (broad SMARTS) is 1. The molecule has 0 heterocycles. The summed E-state index contributed by atoms with van der Waals surface area (Å²) in [7, 11) is 0. The van der Waals surface area contributed by atoms with Crippen LogP contribution < -0.4 is 4.74 Å². The molecule has 0 saturated carbocycles. The van der Waals surface area contributed by atoms with Gasteiger partial charge in [0.05, 0.1) is 0 Å². The molecule has 2 rings (SSSR count). The highest BCUT2D eigenvalue weighted by molar-refractivity contribution is 5.77. The minimum atomic E-state index is -1.25. The number of unbranched alkanes of at least 4 members (excludes halogenated alkanes) is 2. The molecule has 2 aromatic rings. The fourth-order valence-corrected chi connectivity index (χ4v) is 4.58. The first-order valence-corrected chi connectivity index (χ1v) is 11.7. The van der Waals surface area contributed by atoms with Crippen LogP contribution in [0.3, 0.4) is 0 Å². The van der Waals surface area contributed by atoms with Gasteiger partial charge in [-0.2, -0.15) is 0 Å². The average Bonchev–Trinajstić information content (AvgIpc) is 2.74. The molecular weight excluding hydrogens is 372 g/mol. The molecule has 2 aromatic carbocycles. The fourth-order valence-electron chi connectivity index (χ4n) is 4.58. The van der Waals surface area contributed by atoms with Crippen molar-refractivity contribution in [1.82, 2.24) is 0 Å². The SMILES string of the molecule is CCCCc1cccc(-c2cc(OC(=O)O)c(CC)c(CC)c2CC)c1CCCC. The minimum Gasteiger partial charge on any atom is -0.449 e. The lowest BCUT2D eigenvalue weighted by Gasteiger charge is -2.23. The van der Waals surface area contributed by atoms with E-state index in [2.05, 4.69) is 52.8 Å². The molecule has 0 bridgehead atoms. The first kappa shape index (κ1) is 24.0. The Bertz CT molecular complexity index is 852. The van der Waals surface area contributed by atoms with Crippen LogP contribution in [0.1, 0.15) is 88.1 Å². The Hall–Kier alpha value is -2.29. The topological polar surface area (TPSA) is 46.5 Å². The van der Waals surface area contributed by atoms with E-state index in [4.69, 9.17) is 4.74 Å². The number of hydrogen-bond acceptors (Lipinski definition) is 2. The van der Waals surface area contributed by atoms with E-state index >= 15 is 0 Å². The van der Waals surface area contributed by atoms with Gasteiger partial charge < -0.3 is 9.84 Å². The number of ether oxygens (including phenoxy) is 1. The maximum atomic E-state index is 11.4. The zero-order valence-corrected chi connectivity index (χ0v) is 19.4. The summed E-state index contributed by atoms with van der Waals surface area (Å²) in [5.41, 5.74) is 8.86. The molecule has 0 aliphatic heterocycles. The molecule has 30 heavy (non-hydrogen) atoms. The molecule has 0 radical (unpaired) electrons. The van der Waals surface area contributed by atoms with Gasteiger partial charge in [0.1, 0.15) is 5.75 Å². The zero-order chi connectivity index (χ0) is 22.1. The largest absolute Gasteiger partial charge is 0.511 e. The van der Waals surface area contributed by atoms with Crippen molar-refractivity contribution in [2.75, 3.05) is 0 Å². The van der Waals surface area contributed by atoms with E-state index in [1.54, 1.807) is 0 Å². The maximum Gasteiger partial charge on any atom is 0.511 e. The number of carbonyl (C=O) groups is 1. The highest BCUT2D eigenvalue weighted by atomic mass is 16.7. The van der Waals surface area contributed by atoms with Crippen LogP contribution in [0.15, 0.2) is 24.3 Å².